The minimum absolute atomic E-state index is 0.244. The highest BCUT2D eigenvalue weighted by molar-refractivity contribution is 7.80. The highest BCUT2D eigenvalue weighted by Crippen LogP contribution is 2.14. The number of carbonyl (C=O) groups excluding carboxylic acids is 2. The first-order valence-corrected chi connectivity index (χ1v) is 9.21. The Morgan fingerprint density at radius 3 is 2.43 bits per heavy atom. The van der Waals surface area contributed by atoms with Crippen molar-refractivity contribution in [2.45, 2.75) is 19.5 Å². The monoisotopic (exact) mass is 420 g/mol. The average molecular weight is 421 g/mol. The molecule has 9 heteroatoms. The molecule has 0 heterocycles. The molecular formula is C19H21ClN4O3S. The summed E-state index contributed by atoms with van der Waals surface area (Å²) in [5, 5.41) is 6.10. The average Bonchev–Trinajstić information content (AvgIpc) is 2.70. The number of amides is 2. The molecule has 0 aliphatic carbocycles. The van der Waals surface area contributed by atoms with Gasteiger partial charge in [0.25, 0.3) is 11.8 Å². The maximum absolute atomic E-state index is 12.2. The summed E-state index contributed by atoms with van der Waals surface area (Å²) in [7, 11) is 1.60. The van der Waals surface area contributed by atoms with Crippen LogP contribution in [0.4, 0.5) is 0 Å². The minimum atomic E-state index is -0.791. The third-order valence-corrected chi connectivity index (χ3v) is 4.35. The van der Waals surface area contributed by atoms with Gasteiger partial charge in [0.2, 0.25) is 0 Å². The number of carbonyl (C=O) groups is 2. The number of nitrogens with one attached hydrogen (secondary N) is 4. The number of hydrogen-bond acceptors (Lipinski definition) is 4. The Kier molecular flexibility index (Phi) is 8.03. The lowest BCUT2D eigenvalue weighted by molar-refractivity contribution is -0.123. The van der Waals surface area contributed by atoms with E-state index >= 15 is 0 Å². The highest BCUT2D eigenvalue weighted by atomic mass is 35.5. The van der Waals surface area contributed by atoms with Gasteiger partial charge in [-0.3, -0.25) is 20.4 Å². The molecule has 0 spiro atoms. The molecule has 4 N–H and O–H groups in total. The first-order chi connectivity index (χ1) is 13.4. The summed E-state index contributed by atoms with van der Waals surface area (Å²) in [6.45, 7) is 2.03. The van der Waals surface area contributed by atoms with Gasteiger partial charge in [-0.2, -0.15) is 0 Å². The van der Waals surface area contributed by atoms with E-state index in [2.05, 4.69) is 21.5 Å². The molecule has 0 aromatic heterocycles. The fourth-order valence-corrected chi connectivity index (χ4v) is 2.53. The van der Waals surface area contributed by atoms with Crippen LogP contribution in [0.2, 0.25) is 5.02 Å². The summed E-state index contributed by atoms with van der Waals surface area (Å²) < 4.78 is 5.10. The molecule has 0 aliphatic rings. The Balaban J connectivity index is 1.75. The van der Waals surface area contributed by atoms with Crippen molar-refractivity contribution in [3.8, 4) is 5.75 Å². The molecule has 2 amide bonds. The molecule has 1 atom stereocenters. The number of benzene rings is 2. The molecule has 0 saturated heterocycles. The van der Waals surface area contributed by atoms with E-state index < -0.39 is 17.9 Å². The second-order valence-electron chi connectivity index (χ2n) is 5.82. The fraction of sp³-hybridized carbons (Fsp3) is 0.211. The van der Waals surface area contributed by atoms with E-state index in [1.54, 1.807) is 38.3 Å². The van der Waals surface area contributed by atoms with Crippen molar-refractivity contribution in [3.05, 3.63) is 64.7 Å². The van der Waals surface area contributed by atoms with Gasteiger partial charge in [0.15, 0.2) is 5.11 Å². The number of hydrazine groups is 1. The van der Waals surface area contributed by atoms with Crippen LogP contribution >= 0.6 is 23.8 Å². The standard InChI is InChI=1S/C19H21ClN4O3S/c1-12(22-18(26)15-5-3-4-6-16(15)20)17(25)23-24-19(28)21-11-13-7-9-14(27-2)10-8-13/h3-10,12H,11H2,1-2H3,(H,22,26)(H,23,25)(H2,21,24,28)/t12-/m1/s1. The third kappa shape index (κ3) is 6.40. The predicted octanol–water partition coefficient (Wildman–Crippen LogP) is 2.16. The highest BCUT2D eigenvalue weighted by Gasteiger charge is 2.18. The maximum Gasteiger partial charge on any atom is 0.260 e. The molecule has 2 rings (SSSR count). The van der Waals surface area contributed by atoms with Crippen molar-refractivity contribution in [2.24, 2.45) is 0 Å². The third-order valence-electron chi connectivity index (χ3n) is 3.77. The lowest BCUT2D eigenvalue weighted by atomic mass is 10.2. The van der Waals surface area contributed by atoms with E-state index in [1.165, 1.54) is 0 Å². The smallest absolute Gasteiger partial charge is 0.260 e. The zero-order chi connectivity index (χ0) is 20.5. The Hall–Kier alpha value is -2.84. The van der Waals surface area contributed by atoms with Gasteiger partial charge in [-0.05, 0) is 49.0 Å². The largest absolute Gasteiger partial charge is 0.497 e. The van der Waals surface area contributed by atoms with E-state index in [0.717, 1.165) is 11.3 Å². The SMILES string of the molecule is COc1ccc(CNC(=S)NNC(=O)[C@@H](C)NC(=O)c2ccccc2Cl)cc1. The van der Waals surface area contributed by atoms with Crippen molar-refractivity contribution in [3.63, 3.8) is 0 Å². The van der Waals surface area contributed by atoms with Gasteiger partial charge < -0.3 is 15.4 Å². The summed E-state index contributed by atoms with van der Waals surface area (Å²) in [5.74, 6) is -0.119. The number of thiocarbonyl (C=S) groups is 1. The van der Waals surface area contributed by atoms with Crippen molar-refractivity contribution >= 4 is 40.7 Å². The molecular weight excluding hydrogens is 400 g/mol. The van der Waals surface area contributed by atoms with Crippen molar-refractivity contribution in [1.29, 1.82) is 0 Å². The van der Waals surface area contributed by atoms with Crippen LogP contribution in [0.3, 0.4) is 0 Å². The summed E-state index contributed by atoms with van der Waals surface area (Å²) in [6, 6.07) is 13.3. The Labute approximate surface area is 173 Å². The van der Waals surface area contributed by atoms with E-state index in [0.29, 0.717) is 17.1 Å². The second kappa shape index (κ2) is 10.5. The Morgan fingerprint density at radius 1 is 1.11 bits per heavy atom. The van der Waals surface area contributed by atoms with Crippen LogP contribution in [-0.4, -0.2) is 30.1 Å². The lowest BCUT2D eigenvalue weighted by Crippen LogP contribution is -2.53. The Bertz CT molecular complexity index is 845. The summed E-state index contributed by atoms with van der Waals surface area (Å²) >= 11 is 11.1. The predicted molar refractivity (Wildman–Crippen MR) is 112 cm³/mol. The molecule has 0 saturated carbocycles. The van der Waals surface area contributed by atoms with Crippen molar-refractivity contribution in [1.82, 2.24) is 21.5 Å². The molecule has 0 radical (unpaired) electrons. The van der Waals surface area contributed by atoms with E-state index in [-0.39, 0.29) is 5.11 Å². The normalized spacial score (nSPS) is 11.1. The lowest BCUT2D eigenvalue weighted by Gasteiger charge is -2.16. The van der Waals surface area contributed by atoms with Crippen LogP contribution in [0.5, 0.6) is 5.75 Å². The molecule has 2 aromatic rings. The molecule has 0 aliphatic heterocycles. The van der Waals surface area contributed by atoms with Crippen LogP contribution in [-0.2, 0) is 11.3 Å². The van der Waals surface area contributed by atoms with Crippen LogP contribution < -0.4 is 26.2 Å². The van der Waals surface area contributed by atoms with E-state index in [1.807, 2.05) is 24.3 Å². The number of methoxy groups -OCH3 is 1. The molecule has 2 aromatic carbocycles. The van der Waals surface area contributed by atoms with Crippen LogP contribution in [0, 0.1) is 0 Å². The van der Waals surface area contributed by atoms with E-state index in [4.69, 9.17) is 28.6 Å². The van der Waals surface area contributed by atoms with Gasteiger partial charge in [0.1, 0.15) is 11.8 Å². The molecule has 28 heavy (non-hydrogen) atoms. The van der Waals surface area contributed by atoms with Gasteiger partial charge in [-0.1, -0.05) is 35.9 Å². The number of halogens is 1. The van der Waals surface area contributed by atoms with Gasteiger partial charge in [0, 0.05) is 6.54 Å². The van der Waals surface area contributed by atoms with Crippen LogP contribution in [0.25, 0.3) is 0 Å². The molecule has 148 valence electrons. The summed E-state index contributed by atoms with van der Waals surface area (Å²) in [4.78, 5) is 24.3. The van der Waals surface area contributed by atoms with Crippen molar-refractivity contribution in [2.75, 3.05) is 7.11 Å². The summed E-state index contributed by atoms with van der Waals surface area (Å²) in [5.41, 5.74) is 6.34. The fourth-order valence-electron chi connectivity index (χ4n) is 2.18. The van der Waals surface area contributed by atoms with Crippen molar-refractivity contribution < 1.29 is 14.3 Å². The topological polar surface area (TPSA) is 91.5 Å². The van der Waals surface area contributed by atoms with Gasteiger partial charge >= 0.3 is 0 Å². The first kappa shape index (κ1) is 21.5. The zero-order valence-electron chi connectivity index (χ0n) is 15.4. The number of ether oxygens (including phenoxy) is 1. The van der Waals surface area contributed by atoms with Crippen LogP contribution in [0.15, 0.2) is 48.5 Å². The zero-order valence-corrected chi connectivity index (χ0v) is 17.0. The van der Waals surface area contributed by atoms with Gasteiger partial charge in [-0.25, -0.2) is 0 Å². The molecule has 0 fully saturated rings. The summed E-state index contributed by atoms with van der Waals surface area (Å²) in [6.07, 6.45) is 0. The quantitative estimate of drug-likeness (QED) is 0.423. The van der Waals surface area contributed by atoms with Gasteiger partial charge in [0.05, 0.1) is 17.7 Å². The second-order valence-corrected chi connectivity index (χ2v) is 6.64. The van der Waals surface area contributed by atoms with Crippen LogP contribution in [0.1, 0.15) is 22.8 Å². The van der Waals surface area contributed by atoms with Gasteiger partial charge in [-0.15, -0.1) is 0 Å². The Morgan fingerprint density at radius 2 is 1.79 bits per heavy atom. The van der Waals surface area contributed by atoms with E-state index in [9.17, 15) is 9.59 Å². The number of hydrogen-bond donors (Lipinski definition) is 4. The number of rotatable bonds is 6. The minimum Gasteiger partial charge on any atom is -0.497 e. The molecule has 0 bridgehead atoms. The molecule has 7 nitrogen and oxygen atoms in total. The molecule has 0 unspecified atom stereocenters. The first-order valence-electron chi connectivity index (χ1n) is 8.42. The maximum atomic E-state index is 12.2.